The number of aryl methyl sites for hydroxylation is 1. The number of hydrogen-bond acceptors (Lipinski definition) is 7. The maximum absolute atomic E-state index is 4.46. The Labute approximate surface area is 150 Å². The standard InChI is InChI=1S/C14H20N6S2.ClH/c1-3-8-20-13(11-4-6-15-7-5-11)18-19-14(20)21-9-12-17-16-10(2)22-12;/h3,11,15H,1,4-9H2,2H3;1H. The minimum absolute atomic E-state index is 0. The molecule has 6 nitrogen and oxygen atoms in total. The normalized spacial score (nSPS) is 15.3. The molecule has 3 heterocycles. The Morgan fingerprint density at radius 3 is 2.74 bits per heavy atom. The Morgan fingerprint density at radius 1 is 1.30 bits per heavy atom. The Hall–Kier alpha value is -0.960. The number of allylic oxidation sites excluding steroid dienone is 1. The maximum Gasteiger partial charge on any atom is 0.191 e. The molecule has 2 aromatic heterocycles. The predicted octanol–water partition coefficient (Wildman–Crippen LogP) is 2.81. The highest BCUT2D eigenvalue weighted by Gasteiger charge is 2.23. The minimum Gasteiger partial charge on any atom is -0.317 e. The predicted molar refractivity (Wildman–Crippen MR) is 96.5 cm³/mol. The van der Waals surface area contributed by atoms with Gasteiger partial charge in [-0.2, -0.15) is 0 Å². The molecule has 0 unspecified atom stereocenters. The molecule has 1 aliphatic heterocycles. The van der Waals surface area contributed by atoms with Gasteiger partial charge in [0.25, 0.3) is 0 Å². The van der Waals surface area contributed by atoms with Gasteiger partial charge in [0.15, 0.2) is 5.16 Å². The van der Waals surface area contributed by atoms with Crippen LogP contribution in [0.5, 0.6) is 0 Å². The van der Waals surface area contributed by atoms with Crippen LogP contribution in [-0.2, 0) is 12.3 Å². The topological polar surface area (TPSA) is 68.5 Å². The van der Waals surface area contributed by atoms with Crippen LogP contribution in [0.15, 0.2) is 17.8 Å². The van der Waals surface area contributed by atoms with Gasteiger partial charge >= 0.3 is 0 Å². The van der Waals surface area contributed by atoms with Crippen LogP contribution in [-0.4, -0.2) is 38.1 Å². The van der Waals surface area contributed by atoms with Gasteiger partial charge in [-0.05, 0) is 32.9 Å². The zero-order valence-electron chi connectivity index (χ0n) is 13.1. The summed E-state index contributed by atoms with van der Waals surface area (Å²) in [6, 6.07) is 0. The van der Waals surface area contributed by atoms with Crippen molar-refractivity contribution in [3.63, 3.8) is 0 Å². The molecule has 1 saturated heterocycles. The summed E-state index contributed by atoms with van der Waals surface area (Å²) in [5, 5.41) is 23.4. The highest BCUT2D eigenvalue weighted by molar-refractivity contribution is 7.98. The van der Waals surface area contributed by atoms with Crippen molar-refractivity contribution >= 4 is 35.5 Å². The van der Waals surface area contributed by atoms with Crippen molar-refractivity contribution in [1.29, 1.82) is 0 Å². The van der Waals surface area contributed by atoms with Crippen LogP contribution in [0.4, 0.5) is 0 Å². The molecule has 0 aliphatic carbocycles. The fraction of sp³-hybridized carbons (Fsp3) is 0.571. The number of halogens is 1. The summed E-state index contributed by atoms with van der Waals surface area (Å²) in [5.41, 5.74) is 0. The van der Waals surface area contributed by atoms with Gasteiger partial charge in [0, 0.05) is 12.5 Å². The number of piperidine rings is 1. The molecule has 1 fully saturated rings. The summed E-state index contributed by atoms with van der Waals surface area (Å²) in [5.74, 6) is 2.37. The second-order valence-electron chi connectivity index (χ2n) is 5.27. The lowest BCUT2D eigenvalue weighted by molar-refractivity contribution is 0.431. The van der Waals surface area contributed by atoms with E-state index in [9.17, 15) is 0 Å². The highest BCUT2D eigenvalue weighted by atomic mass is 35.5. The molecule has 0 atom stereocenters. The Kier molecular flexibility index (Phi) is 7.01. The SMILES string of the molecule is C=CCn1c(SCc2nnc(C)s2)nnc1C1CCNCC1.Cl. The van der Waals surface area contributed by atoms with Gasteiger partial charge in [-0.3, -0.25) is 0 Å². The summed E-state index contributed by atoms with van der Waals surface area (Å²) in [7, 11) is 0. The average Bonchev–Trinajstić information content (AvgIpc) is 3.13. The van der Waals surface area contributed by atoms with Crippen molar-refractivity contribution in [3.05, 3.63) is 28.5 Å². The van der Waals surface area contributed by atoms with Crippen LogP contribution < -0.4 is 5.32 Å². The van der Waals surface area contributed by atoms with Crippen molar-refractivity contribution in [3.8, 4) is 0 Å². The summed E-state index contributed by atoms with van der Waals surface area (Å²) < 4.78 is 2.20. The van der Waals surface area contributed by atoms with Gasteiger partial charge in [0.2, 0.25) is 0 Å². The number of rotatable bonds is 6. The van der Waals surface area contributed by atoms with Gasteiger partial charge in [0.1, 0.15) is 15.8 Å². The van der Waals surface area contributed by atoms with Crippen molar-refractivity contribution in [1.82, 2.24) is 30.3 Å². The third-order valence-corrected chi connectivity index (χ3v) is 5.65. The Bertz CT molecular complexity index is 635. The van der Waals surface area contributed by atoms with Crippen molar-refractivity contribution in [2.75, 3.05) is 13.1 Å². The Morgan fingerprint density at radius 2 is 2.09 bits per heavy atom. The largest absolute Gasteiger partial charge is 0.317 e. The fourth-order valence-electron chi connectivity index (χ4n) is 2.61. The Balaban J connectivity index is 0.00000192. The van der Waals surface area contributed by atoms with E-state index >= 15 is 0 Å². The van der Waals surface area contributed by atoms with E-state index in [1.807, 2.05) is 13.0 Å². The van der Waals surface area contributed by atoms with Gasteiger partial charge < -0.3 is 9.88 Å². The second kappa shape index (κ2) is 8.77. The second-order valence-corrected chi connectivity index (χ2v) is 7.48. The quantitative estimate of drug-likeness (QED) is 0.621. The molecule has 0 radical (unpaired) electrons. The first-order valence-corrected chi connectivity index (χ1v) is 9.24. The molecule has 0 amide bonds. The molecule has 9 heteroatoms. The van der Waals surface area contributed by atoms with E-state index in [0.717, 1.165) is 59.2 Å². The third-order valence-electron chi connectivity index (χ3n) is 3.65. The molecule has 1 aliphatic rings. The minimum atomic E-state index is 0. The molecule has 2 aromatic rings. The van der Waals surface area contributed by atoms with Crippen LogP contribution in [0, 0.1) is 6.92 Å². The lowest BCUT2D eigenvalue weighted by atomic mass is 9.97. The van der Waals surface area contributed by atoms with Crippen LogP contribution >= 0.6 is 35.5 Å². The van der Waals surface area contributed by atoms with Crippen LogP contribution in [0.25, 0.3) is 0 Å². The first kappa shape index (κ1) is 18.4. The van der Waals surface area contributed by atoms with Gasteiger partial charge in [-0.1, -0.05) is 17.8 Å². The van der Waals surface area contributed by atoms with E-state index < -0.39 is 0 Å². The van der Waals surface area contributed by atoms with E-state index in [2.05, 4.69) is 36.9 Å². The van der Waals surface area contributed by atoms with E-state index in [-0.39, 0.29) is 12.4 Å². The number of nitrogens with zero attached hydrogens (tertiary/aromatic N) is 5. The van der Waals surface area contributed by atoms with Gasteiger partial charge in [-0.15, -0.1) is 50.7 Å². The summed E-state index contributed by atoms with van der Waals surface area (Å²) in [6.07, 6.45) is 4.15. The molecule has 126 valence electrons. The molecule has 23 heavy (non-hydrogen) atoms. The van der Waals surface area contributed by atoms with Crippen LogP contribution in [0.3, 0.4) is 0 Å². The average molecular weight is 373 g/mol. The number of aromatic nitrogens is 5. The molecule has 0 bridgehead atoms. The first-order valence-electron chi connectivity index (χ1n) is 7.44. The van der Waals surface area contributed by atoms with Crippen LogP contribution in [0.1, 0.15) is 34.6 Å². The summed E-state index contributed by atoms with van der Waals surface area (Å²) >= 11 is 3.30. The molecule has 0 spiro atoms. The smallest absolute Gasteiger partial charge is 0.191 e. The van der Waals surface area contributed by atoms with Crippen molar-refractivity contribution < 1.29 is 0 Å². The summed E-state index contributed by atoms with van der Waals surface area (Å²) in [6.45, 7) is 8.70. The monoisotopic (exact) mass is 372 g/mol. The fourth-order valence-corrected chi connectivity index (χ4v) is 4.26. The van der Waals surface area contributed by atoms with Crippen molar-refractivity contribution in [2.45, 2.75) is 43.1 Å². The molecule has 0 saturated carbocycles. The number of nitrogens with one attached hydrogen (secondary N) is 1. The molecule has 0 aromatic carbocycles. The van der Waals surface area contributed by atoms with E-state index in [1.54, 1.807) is 23.1 Å². The highest BCUT2D eigenvalue weighted by Crippen LogP contribution is 2.29. The zero-order chi connectivity index (χ0) is 15.4. The van der Waals surface area contributed by atoms with Crippen molar-refractivity contribution in [2.24, 2.45) is 0 Å². The summed E-state index contributed by atoms with van der Waals surface area (Å²) in [4.78, 5) is 0. The first-order chi connectivity index (χ1) is 10.8. The zero-order valence-corrected chi connectivity index (χ0v) is 15.5. The van der Waals surface area contributed by atoms with E-state index in [0.29, 0.717) is 5.92 Å². The number of thioether (sulfide) groups is 1. The molecule has 3 rings (SSSR count). The van der Waals surface area contributed by atoms with Crippen LogP contribution in [0.2, 0.25) is 0 Å². The third kappa shape index (κ3) is 4.53. The lowest BCUT2D eigenvalue weighted by Crippen LogP contribution is -2.28. The van der Waals surface area contributed by atoms with E-state index in [4.69, 9.17) is 0 Å². The van der Waals surface area contributed by atoms with Gasteiger partial charge in [-0.25, -0.2) is 0 Å². The maximum atomic E-state index is 4.46. The van der Waals surface area contributed by atoms with E-state index in [1.165, 1.54) is 0 Å². The molecule has 1 N–H and O–H groups in total. The molecular formula is C14H21ClN6S2. The van der Waals surface area contributed by atoms with Gasteiger partial charge in [0.05, 0.1) is 5.75 Å². The number of hydrogen-bond donors (Lipinski definition) is 1. The lowest BCUT2D eigenvalue weighted by Gasteiger charge is -2.22. The molecular weight excluding hydrogens is 352 g/mol.